The lowest BCUT2D eigenvalue weighted by Gasteiger charge is -2.14. The largest absolute Gasteiger partial charge is 0.462 e. The zero-order valence-corrected chi connectivity index (χ0v) is 24.7. The summed E-state index contributed by atoms with van der Waals surface area (Å²) in [6.45, 7) is 5.78. The van der Waals surface area contributed by atoms with Gasteiger partial charge in [0.1, 0.15) is 10.6 Å². The molecular formula is C31H29ClN2O4S2. The SMILES string of the molecule is CCOC(=O)c1c(-c2ccc(C)cc2)csc1NC(=O)C(C)Sc1cccc(NC(=O)Cc2ccc(Cl)cc2)c1. The van der Waals surface area contributed by atoms with Crippen LogP contribution in [0, 0.1) is 6.92 Å². The molecule has 0 radical (unpaired) electrons. The van der Waals surface area contributed by atoms with Crippen LogP contribution < -0.4 is 10.6 Å². The van der Waals surface area contributed by atoms with E-state index in [2.05, 4.69) is 10.6 Å². The van der Waals surface area contributed by atoms with Crippen molar-refractivity contribution in [3.8, 4) is 11.1 Å². The molecule has 0 bridgehead atoms. The van der Waals surface area contributed by atoms with Gasteiger partial charge in [-0.1, -0.05) is 59.6 Å². The van der Waals surface area contributed by atoms with Crippen molar-refractivity contribution < 1.29 is 19.1 Å². The van der Waals surface area contributed by atoms with Crippen LogP contribution in [-0.2, 0) is 20.7 Å². The third-order valence-electron chi connectivity index (χ3n) is 5.95. The fourth-order valence-corrected chi connectivity index (χ4v) is 5.93. The van der Waals surface area contributed by atoms with Gasteiger partial charge in [-0.3, -0.25) is 9.59 Å². The predicted molar refractivity (Wildman–Crippen MR) is 165 cm³/mol. The van der Waals surface area contributed by atoms with Crippen LogP contribution in [0.3, 0.4) is 0 Å². The van der Waals surface area contributed by atoms with E-state index in [9.17, 15) is 14.4 Å². The van der Waals surface area contributed by atoms with Crippen LogP contribution in [-0.4, -0.2) is 29.6 Å². The molecule has 9 heteroatoms. The molecule has 1 heterocycles. The summed E-state index contributed by atoms with van der Waals surface area (Å²) in [6, 6.07) is 22.4. The second-order valence-electron chi connectivity index (χ2n) is 9.07. The number of carbonyl (C=O) groups excluding carboxylic acids is 3. The molecule has 1 aromatic heterocycles. The van der Waals surface area contributed by atoms with Crippen molar-refractivity contribution in [2.24, 2.45) is 0 Å². The Bertz CT molecular complexity index is 1500. The number of amides is 2. The number of benzene rings is 3. The van der Waals surface area contributed by atoms with Crippen molar-refractivity contribution in [3.63, 3.8) is 0 Å². The number of aryl methyl sites for hydroxylation is 1. The Morgan fingerprint density at radius 1 is 1.00 bits per heavy atom. The van der Waals surface area contributed by atoms with Crippen molar-refractivity contribution >= 4 is 63.2 Å². The number of halogens is 1. The van der Waals surface area contributed by atoms with E-state index >= 15 is 0 Å². The van der Waals surface area contributed by atoms with Crippen molar-refractivity contribution in [3.05, 3.63) is 99.9 Å². The third-order valence-corrected chi connectivity index (χ3v) is 8.19. The molecule has 206 valence electrons. The molecule has 3 aromatic carbocycles. The summed E-state index contributed by atoms with van der Waals surface area (Å²) in [5.74, 6) is -0.870. The summed E-state index contributed by atoms with van der Waals surface area (Å²) in [6.07, 6.45) is 0.224. The zero-order chi connectivity index (χ0) is 28.6. The lowest BCUT2D eigenvalue weighted by Crippen LogP contribution is -2.23. The van der Waals surface area contributed by atoms with Gasteiger partial charge >= 0.3 is 5.97 Å². The molecule has 0 saturated heterocycles. The monoisotopic (exact) mass is 592 g/mol. The molecule has 4 rings (SSSR count). The Balaban J connectivity index is 1.43. The fraction of sp³-hybridized carbons (Fsp3) is 0.194. The van der Waals surface area contributed by atoms with Gasteiger partial charge in [-0.25, -0.2) is 4.79 Å². The standard InChI is InChI=1S/C31H29ClN2O4S2/c1-4-38-31(37)28-26(22-12-8-19(2)9-13-22)18-39-30(28)34-29(36)20(3)40-25-7-5-6-24(17-25)33-27(35)16-21-10-14-23(32)15-11-21/h5-15,17-18,20H,4,16H2,1-3H3,(H,33,35)(H,34,36). The highest BCUT2D eigenvalue weighted by atomic mass is 35.5. The highest BCUT2D eigenvalue weighted by Gasteiger charge is 2.24. The van der Waals surface area contributed by atoms with E-state index in [4.69, 9.17) is 16.3 Å². The maximum absolute atomic E-state index is 13.2. The number of carbonyl (C=O) groups is 3. The smallest absolute Gasteiger partial charge is 0.341 e. The molecule has 0 aliphatic heterocycles. The Kier molecular flexibility index (Phi) is 10.0. The molecule has 2 N–H and O–H groups in total. The predicted octanol–water partition coefficient (Wildman–Crippen LogP) is 7.85. The first-order valence-electron chi connectivity index (χ1n) is 12.7. The molecule has 0 saturated carbocycles. The van der Waals surface area contributed by atoms with Crippen LogP contribution in [0.25, 0.3) is 11.1 Å². The molecular weight excluding hydrogens is 564 g/mol. The van der Waals surface area contributed by atoms with Gasteiger partial charge in [-0.05, 0) is 62.2 Å². The number of ether oxygens (including phenoxy) is 1. The Morgan fingerprint density at radius 2 is 1.73 bits per heavy atom. The quantitative estimate of drug-likeness (QED) is 0.145. The Morgan fingerprint density at radius 3 is 2.42 bits per heavy atom. The molecule has 40 heavy (non-hydrogen) atoms. The van der Waals surface area contributed by atoms with Crippen molar-refractivity contribution in [1.82, 2.24) is 0 Å². The van der Waals surface area contributed by atoms with E-state index in [0.29, 0.717) is 21.3 Å². The lowest BCUT2D eigenvalue weighted by molar-refractivity contribution is -0.116. The number of hydrogen-bond donors (Lipinski definition) is 2. The van der Waals surface area contributed by atoms with Crippen molar-refractivity contribution in [1.29, 1.82) is 0 Å². The summed E-state index contributed by atoms with van der Waals surface area (Å²) >= 11 is 8.57. The normalized spacial score (nSPS) is 11.5. The summed E-state index contributed by atoms with van der Waals surface area (Å²) in [5.41, 5.74) is 4.57. The van der Waals surface area contributed by atoms with Crippen LogP contribution in [0.4, 0.5) is 10.7 Å². The van der Waals surface area contributed by atoms with Gasteiger partial charge in [0.2, 0.25) is 11.8 Å². The third kappa shape index (κ3) is 7.75. The molecule has 1 unspecified atom stereocenters. The topological polar surface area (TPSA) is 84.5 Å². The minimum absolute atomic E-state index is 0.149. The van der Waals surface area contributed by atoms with Gasteiger partial charge in [0.15, 0.2) is 0 Å². The molecule has 0 spiro atoms. The van der Waals surface area contributed by atoms with E-state index in [0.717, 1.165) is 27.1 Å². The van der Waals surface area contributed by atoms with E-state index in [1.807, 2.05) is 66.9 Å². The van der Waals surface area contributed by atoms with E-state index in [1.165, 1.54) is 23.1 Å². The minimum Gasteiger partial charge on any atom is -0.462 e. The van der Waals surface area contributed by atoms with Crippen LogP contribution >= 0.6 is 34.7 Å². The number of nitrogens with one attached hydrogen (secondary N) is 2. The van der Waals surface area contributed by atoms with Gasteiger partial charge in [0.25, 0.3) is 0 Å². The zero-order valence-electron chi connectivity index (χ0n) is 22.3. The summed E-state index contributed by atoms with van der Waals surface area (Å²) < 4.78 is 5.31. The summed E-state index contributed by atoms with van der Waals surface area (Å²) in [4.78, 5) is 39.4. The first kappa shape index (κ1) is 29.4. The molecule has 2 amide bonds. The minimum atomic E-state index is -0.475. The number of hydrogen-bond acceptors (Lipinski definition) is 6. The van der Waals surface area contributed by atoms with E-state index in [-0.39, 0.29) is 24.8 Å². The van der Waals surface area contributed by atoms with Crippen LogP contribution in [0.2, 0.25) is 5.02 Å². The van der Waals surface area contributed by atoms with Crippen molar-refractivity contribution in [2.75, 3.05) is 17.2 Å². The first-order chi connectivity index (χ1) is 19.2. The van der Waals surface area contributed by atoms with Crippen LogP contribution in [0.15, 0.2) is 83.1 Å². The van der Waals surface area contributed by atoms with Crippen LogP contribution in [0.5, 0.6) is 0 Å². The first-order valence-corrected chi connectivity index (χ1v) is 14.8. The average Bonchev–Trinajstić information content (AvgIpc) is 3.34. The van der Waals surface area contributed by atoms with Crippen molar-refractivity contribution in [2.45, 2.75) is 37.3 Å². The average molecular weight is 593 g/mol. The second-order valence-corrected chi connectivity index (χ2v) is 11.8. The van der Waals surface area contributed by atoms with E-state index < -0.39 is 11.2 Å². The molecule has 6 nitrogen and oxygen atoms in total. The molecule has 4 aromatic rings. The molecule has 0 aliphatic rings. The molecule has 1 atom stereocenters. The molecule has 0 fully saturated rings. The fourth-order valence-electron chi connectivity index (χ4n) is 3.91. The number of thiophene rings is 1. The van der Waals surface area contributed by atoms with Gasteiger partial charge < -0.3 is 15.4 Å². The maximum atomic E-state index is 13.2. The van der Waals surface area contributed by atoms with Gasteiger partial charge in [-0.15, -0.1) is 23.1 Å². The Hall–Kier alpha value is -3.59. The Labute approximate surface area is 247 Å². The summed E-state index contributed by atoms with van der Waals surface area (Å²) in [7, 11) is 0. The van der Waals surface area contributed by atoms with E-state index in [1.54, 1.807) is 32.0 Å². The molecule has 0 aliphatic carbocycles. The number of anilines is 2. The number of esters is 1. The van der Waals surface area contributed by atoms with Gasteiger partial charge in [-0.2, -0.15) is 0 Å². The lowest BCUT2D eigenvalue weighted by atomic mass is 10.0. The highest BCUT2D eigenvalue weighted by molar-refractivity contribution is 8.00. The van der Waals surface area contributed by atoms with Gasteiger partial charge in [0, 0.05) is 26.5 Å². The van der Waals surface area contributed by atoms with Gasteiger partial charge in [0.05, 0.1) is 18.3 Å². The summed E-state index contributed by atoms with van der Waals surface area (Å²) in [5, 5.41) is 8.30. The maximum Gasteiger partial charge on any atom is 0.341 e. The number of thioether (sulfide) groups is 1. The number of rotatable bonds is 10. The van der Waals surface area contributed by atoms with Crippen LogP contribution in [0.1, 0.15) is 35.3 Å². The second kappa shape index (κ2) is 13.7. The highest BCUT2D eigenvalue weighted by Crippen LogP contribution is 2.37.